The summed E-state index contributed by atoms with van der Waals surface area (Å²) >= 11 is 29.5. The Morgan fingerprint density at radius 3 is 2.12 bits per heavy atom. The number of aromatic nitrogens is 3. The number of hydrogen-bond acceptors (Lipinski definition) is 2. The van der Waals surface area contributed by atoms with Crippen LogP contribution in [0.3, 0.4) is 0 Å². The van der Waals surface area contributed by atoms with Crippen molar-refractivity contribution in [1.82, 2.24) is 15.0 Å². The van der Waals surface area contributed by atoms with Crippen LogP contribution in [0.5, 0.6) is 0 Å². The highest BCUT2D eigenvalue weighted by Gasteiger charge is 2.50. The standard InChI is InChI=1S/C9H12Cl5N3/c1-3-5-6-7(15-16-17(6)4-2)8(10,11)9(12,13)14/h3-5H2,1-2H3. The molecule has 0 amide bonds. The fourth-order valence-corrected chi connectivity index (χ4v) is 2.01. The van der Waals surface area contributed by atoms with E-state index in [1.165, 1.54) is 0 Å². The molecule has 0 bridgehead atoms. The lowest BCUT2D eigenvalue weighted by Crippen LogP contribution is -2.30. The molecule has 0 aliphatic heterocycles. The third kappa shape index (κ3) is 3.13. The first-order valence-corrected chi connectivity index (χ1v) is 7.02. The van der Waals surface area contributed by atoms with Crippen LogP contribution in [0.4, 0.5) is 0 Å². The van der Waals surface area contributed by atoms with Gasteiger partial charge in [0.15, 0.2) is 0 Å². The average molecular weight is 339 g/mol. The normalized spacial score (nSPS) is 13.1. The molecule has 1 aromatic heterocycles. The molecule has 0 saturated carbocycles. The molecule has 0 spiro atoms. The first-order chi connectivity index (χ1) is 7.75. The van der Waals surface area contributed by atoms with Crippen LogP contribution in [-0.4, -0.2) is 18.8 Å². The predicted molar refractivity (Wildman–Crippen MR) is 73.4 cm³/mol. The van der Waals surface area contributed by atoms with Crippen molar-refractivity contribution in [3.05, 3.63) is 11.4 Å². The van der Waals surface area contributed by atoms with Crippen LogP contribution in [-0.2, 0) is 17.3 Å². The van der Waals surface area contributed by atoms with E-state index in [2.05, 4.69) is 10.3 Å². The van der Waals surface area contributed by atoms with E-state index in [1.807, 2.05) is 13.8 Å². The van der Waals surface area contributed by atoms with Crippen LogP contribution in [0.2, 0.25) is 0 Å². The number of rotatable bonds is 4. The Hall–Kier alpha value is 0.590. The van der Waals surface area contributed by atoms with Gasteiger partial charge in [-0.2, -0.15) is 0 Å². The molecule has 0 N–H and O–H groups in total. The summed E-state index contributed by atoms with van der Waals surface area (Å²) < 4.78 is -1.88. The molecule has 0 radical (unpaired) electrons. The summed E-state index contributed by atoms with van der Waals surface area (Å²) in [6, 6.07) is 0. The third-order valence-electron chi connectivity index (χ3n) is 2.28. The Morgan fingerprint density at radius 2 is 1.71 bits per heavy atom. The maximum Gasteiger partial charge on any atom is 0.228 e. The first-order valence-electron chi connectivity index (χ1n) is 5.13. The van der Waals surface area contributed by atoms with E-state index >= 15 is 0 Å². The maximum absolute atomic E-state index is 6.10. The van der Waals surface area contributed by atoms with E-state index in [9.17, 15) is 0 Å². The lowest BCUT2D eigenvalue weighted by Gasteiger charge is -2.26. The highest BCUT2D eigenvalue weighted by molar-refractivity contribution is 6.75. The minimum absolute atomic E-state index is 0.310. The lowest BCUT2D eigenvalue weighted by atomic mass is 10.1. The van der Waals surface area contributed by atoms with Crippen LogP contribution < -0.4 is 0 Å². The minimum atomic E-state index is -1.87. The molecule has 0 aliphatic rings. The molecule has 3 nitrogen and oxygen atoms in total. The summed E-state index contributed by atoms with van der Waals surface area (Å²) in [6.07, 6.45) is 1.61. The molecule has 1 aromatic rings. The van der Waals surface area contributed by atoms with Crippen molar-refractivity contribution in [2.24, 2.45) is 0 Å². The molecular formula is C9H12Cl5N3. The minimum Gasteiger partial charge on any atom is -0.249 e. The Morgan fingerprint density at radius 1 is 1.12 bits per heavy atom. The molecule has 8 heteroatoms. The molecule has 98 valence electrons. The quantitative estimate of drug-likeness (QED) is 0.768. The summed E-state index contributed by atoms with van der Waals surface area (Å²) in [5, 5.41) is 7.89. The van der Waals surface area contributed by atoms with Gasteiger partial charge in [0, 0.05) is 6.54 Å². The summed E-state index contributed by atoms with van der Waals surface area (Å²) in [4.78, 5) is 0. The zero-order valence-corrected chi connectivity index (χ0v) is 13.1. The summed E-state index contributed by atoms with van der Waals surface area (Å²) in [6.45, 7) is 4.62. The van der Waals surface area contributed by atoms with E-state index < -0.39 is 8.13 Å². The Kier molecular flexibility index (Phi) is 5.25. The van der Waals surface area contributed by atoms with Gasteiger partial charge in [0.1, 0.15) is 5.69 Å². The van der Waals surface area contributed by atoms with Gasteiger partial charge < -0.3 is 0 Å². The highest BCUT2D eigenvalue weighted by atomic mass is 35.6. The van der Waals surface area contributed by atoms with Crippen LogP contribution in [0.15, 0.2) is 0 Å². The van der Waals surface area contributed by atoms with Crippen molar-refractivity contribution in [1.29, 1.82) is 0 Å². The van der Waals surface area contributed by atoms with Crippen molar-refractivity contribution in [3.8, 4) is 0 Å². The number of aryl methyl sites for hydroxylation is 1. The Bertz CT molecular complexity index is 382. The van der Waals surface area contributed by atoms with Crippen LogP contribution in [0.1, 0.15) is 31.7 Å². The monoisotopic (exact) mass is 337 g/mol. The molecular weight excluding hydrogens is 327 g/mol. The van der Waals surface area contributed by atoms with Gasteiger partial charge in [0.05, 0.1) is 5.69 Å². The molecule has 0 aliphatic carbocycles. The van der Waals surface area contributed by atoms with Gasteiger partial charge in [0.2, 0.25) is 8.13 Å². The van der Waals surface area contributed by atoms with Gasteiger partial charge in [-0.3, -0.25) is 0 Å². The highest BCUT2D eigenvalue weighted by Crippen LogP contribution is 2.53. The second-order valence-electron chi connectivity index (χ2n) is 3.52. The molecule has 1 heterocycles. The van der Waals surface area contributed by atoms with Gasteiger partial charge >= 0.3 is 0 Å². The smallest absolute Gasteiger partial charge is 0.228 e. The molecule has 0 atom stereocenters. The van der Waals surface area contributed by atoms with Crippen molar-refractivity contribution in [3.63, 3.8) is 0 Å². The summed E-state index contributed by atoms with van der Waals surface area (Å²) in [7, 11) is 0. The fraction of sp³-hybridized carbons (Fsp3) is 0.778. The SMILES string of the molecule is CCCc1c(C(Cl)(Cl)C(Cl)(Cl)Cl)nnn1CC. The molecule has 17 heavy (non-hydrogen) atoms. The van der Waals surface area contributed by atoms with E-state index in [1.54, 1.807) is 4.68 Å². The van der Waals surface area contributed by atoms with Gasteiger partial charge in [-0.05, 0) is 13.3 Å². The van der Waals surface area contributed by atoms with Gasteiger partial charge in [-0.1, -0.05) is 76.6 Å². The number of halogens is 5. The van der Waals surface area contributed by atoms with E-state index in [-0.39, 0.29) is 0 Å². The second-order valence-corrected chi connectivity index (χ2v) is 7.13. The number of hydrogen-bond donors (Lipinski definition) is 0. The van der Waals surface area contributed by atoms with E-state index in [4.69, 9.17) is 58.0 Å². The predicted octanol–water partition coefficient (Wildman–Crippen LogP) is 4.25. The molecule has 0 aromatic carbocycles. The number of alkyl halides is 5. The van der Waals surface area contributed by atoms with Crippen molar-refractivity contribution in [2.45, 2.75) is 41.4 Å². The van der Waals surface area contributed by atoms with E-state index in [0.717, 1.165) is 18.5 Å². The Labute approximate surface area is 125 Å². The van der Waals surface area contributed by atoms with Gasteiger partial charge in [0.25, 0.3) is 0 Å². The van der Waals surface area contributed by atoms with Crippen molar-refractivity contribution >= 4 is 58.0 Å². The molecule has 0 saturated heterocycles. The summed E-state index contributed by atoms with van der Waals surface area (Å²) in [5.41, 5.74) is 1.11. The van der Waals surface area contributed by atoms with Crippen LogP contribution in [0, 0.1) is 0 Å². The first kappa shape index (κ1) is 15.6. The van der Waals surface area contributed by atoms with Crippen LogP contribution >= 0.6 is 58.0 Å². The molecule has 0 fully saturated rings. The van der Waals surface area contributed by atoms with Gasteiger partial charge in [-0.15, -0.1) is 5.10 Å². The summed E-state index contributed by atoms with van der Waals surface area (Å²) in [5.74, 6) is 0. The second kappa shape index (κ2) is 5.70. The zero-order valence-electron chi connectivity index (χ0n) is 9.35. The van der Waals surface area contributed by atoms with E-state index in [0.29, 0.717) is 12.2 Å². The fourth-order valence-electron chi connectivity index (χ4n) is 1.45. The maximum atomic E-state index is 6.10. The molecule has 0 unspecified atom stereocenters. The van der Waals surface area contributed by atoms with Crippen LogP contribution in [0.25, 0.3) is 0 Å². The third-order valence-corrected chi connectivity index (χ3v) is 4.63. The average Bonchev–Trinajstić information content (AvgIpc) is 2.60. The molecule has 1 rings (SSSR count). The zero-order chi connectivity index (χ0) is 13.3. The Balaban J connectivity index is 3.26. The topological polar surface area (TPSA) is 30.7 Å². The van der Waals surface area contributed by atoms with Crippen molar-refractivity contribution in [2.75, 3.05) is 0 Å². The lowest BCUT2D eigenvalue weighted by molar-refractivity contribution is 0.593. The number of nitrogens with zero attached hydrogens (tertiary/aromatic N) is 3. The van der Waals surface area contributed by atoms with Gasteiger partial charge in [-0.25, -0.2) is 4.68 Å². The van der Waals surface area contributed by atoms with Crippen molar-refractivity contribution < 1.29 is 0 Å². The largest absolute Gasteiger partial charge is 0.249 e.